The molecule has 0 spiro atoms. The molecule has 18 heavy (non-hydrogen) atoms. The Kier molecular flexibility index (Phi) is 3.85. The SMILES string of the molecule is CN1CCN(c2ccc(Cl)cc2CO)CC1(C)C. The molecular formula is C14H21ClN2O. The molecular weight excluding hydrogens is 248 g/mol. The van der Waals surface area contributed by atoms with E-state index >= 15 is 0 Å². The Morgan fingerprint density at radius 3 is 2.67 bits per heavy atom. The molecule has 0 atom stereocenters. The minimum absolute atomic E-state index is 0.0304. The van der Waals surface area contributed by atoms with Gasteiger partial charge in [-0.3, -0.25) is 4.90 Å². The first-order valence-corrected chi connectivity index (χ1v) is 6.67. The van der Waals surface area contributed by atoms with Crippen LogP contribution in [0.3, 0.4) is 0 Å². The van der Waals surface area contributed by atoms with Gasteiger partial charge in [0, 0.05) is 41.4 Å². The number of anilines is 1. The van der Waals surface area contributed by atoms with E-state index in [9.17, 15) is 5.11 Å². The van der Waals surface area contributed by atoms with Gasteiger partial charge in [0.25, 0.3) is 0 Å². The third-order valence-corrected chi connectivity index (χ3v) is 4.10. The van der Waals surface area contributed by atoms with Gasteiger partial charge in [0.1, 0.15) is 0 Å². The van der Waals surface area contributed by atoms with Crippen molar-refractivity contribution in [2.24, 2.45) is 0 Å². The summed E-state index contributed by atoms with van der Waals surface area (Å²) in [5.74, 6) is 0. The van der Waals surface area contributed by atoms with Crippen LogP contribution in [0.4, 0.5) is 5.69 Å². The highest BCUT2D eigenvalue weighted by Crippen LogP contribution is 2.29. The molecule has 100 valence electrons. The van der Waals surface area contributed by atoms with Gasteiger partial charge in [0.15, 0.2) is 0 Å². The number of benzene rings is 1. The summed E-state index contributed by atoms with van der Waals surface area (Å²) in [6.07, 6.45) is 0. The van der Waals surface area contributed by atoms with Crippen LogP contribution in [0.2, 0.25) is 5.02 Å². The van der Waals surface area contributed by atoms with E-state index in [4.69, 9.17) is 11.6 Å². The molecule has 2 rings (SSSR count). The first-order valence-electron chi connectivity index (χ1n) is 6.29. The van der Waals surface area contributed by atoms with Crippen molar-refractivity contribution in [1.29, 1.82) is 0 Å². The second-order valence-corrected chi connectivity index (χ2v) is 6.02. The number of halogens is 1. The van der Waals surface area contributed by atoms with Crippen molar-refractivity contribution < 1.29 is 5.11 Å². The minimum atomic E-state index is 0.0304. The highest BCUT2D eigenvalue weighted by molar-refractivity contribution is 6.30. The molecule has 1 saturated heterocycles. The predicted molar refractivity (Wildman–Crippen MR) is 76.3 cm³/mol. The summed E-state index contributed by atoms with van der Waals surface area (Å²) in [6, 6.07) is 5.75. The van der Waals surface area contributed by atoms with E-state index in [1.807, 2.05) is 18.2 Å². The van der Waals surface area contributed by atoms with Crippen LogP contribution in [-0.2, 0) is 6.61 Å². The molecule has 0 unspecified atom stereocenters. The average Bonchev–Trinajstić information content (AvgIpc) is 2.32. The number of piperazine rings is 1. The molecule has 0 radical (unpaired) electrons. The number of hydrogen-bond acceptors (Lipinski definition) is 3. The van der Waals surface area contributed by atoms with Crippen molar-refractivity contribution in [3.8, 4) is 0 Å². The Labute approximate surface area is 114 Å². The monoisotopic (exact) mass is 268 g/mol. The van der Waals surface area contributed by atoms with E-state index in [0.717, 1.165) is 30.9 Å². The van der Waals surface area contributed by atoms with Crippen molar-refractivity contribution in [2.45, 2.75) is 26.0 Å². The lowest BCUT2D eigenvalue weighted by molar-refractivity contribution is 0.138. The Balaban J connectivity index is 2.27. The van der Waals surface area contributed by atoms with Crippen LogP contribution in [0.1, 0.15) is 19.4 Å². The zero-order valence-electron chi connectivity index (χ0n) is 11.3. The zero-order chi connectivity index (χ0) is 13.3. The van der Waals surface area contributed by atoms with E-state index in [0.29, 0.717) is 5.02 Å². The van der Waals surface area contributed by atoms with Gasteiger partial charge in [-0.1, -0.05) is 11.6 Å². The molecule has 1 N–H and O–H groups in total. The topological polar surface area (TPSA) is 26.7 Å². The van der Waals surface area contributed by atoms with Gasteiger partial charge in [-0.25, -0.2) is 0 Å². The fourth-order valence-electron chi connectivity index (χ4n) is 2.44. The highest BCUT2D eigenvalue weighted by Gasteiger charge is 2.31. The zero-order valence-corrected chi connectivity index (χ0v) is 12.0. The maximum Gasteiger partial charge on any atom is 0.0702 e. The molecule has 0 bridgehead atoms. The van der Waals surface area contributed by atoms with E-state index in [1.165, 1.54) is 0 Å². The van der Waals surface area contributed by atoms with Crippen LogP contribution < -0.4 is 4.90 Å². The van der Waals surface area contributed by atoms with Crippen LogP contribution in [-0.4, -0.2) is 42.2 Å². The largest absolute Gasteiger partial charge is 0.392 e. The van der Waals surface area contributed by atoms with E-state index < -0.39 is 0 Å². The molecule has 1 heterocycles. The van der Waals surface area contributed by atoms with Crippen molar-refractivity contribution in [1.82, 2.24) is 4.90 Å². The summed E-state index contributed by atoms with van der Waals surface area (Å²) in [6.45, 7) is 7.48. The number of aliphatic hydroxyl groups excluding tert-OH is 1. The first kappa shape index (κ1) is 13.7. The number of aliphatic hydroxyl groups is 1. The molecule has 1 aliphatic rings. The molecule has 1 aromatic carbocycles. The van der Waals surface area contributed by atoms with Gasteiger partial charge in [0.05, 0.1) is 6.61 Å². The summed E-state index contributed by atoms with van der Waals surface area (Å²) < 4.78 is 0. The van der Waals surface area contributed by atoms with Crippen molar-refractivity contribution in [3.63, 3.8) is 0 Å². The van der Waals surface area contributed by atoms with Crippen LogP contribution in [0, 0.1) is 0 Å². The van der Waals surface area contributed by atoms with Gasteiger partial charge < -0.3 is 10.0 Å². The van der Waals surface area contributed by atoms with Gasteiger partial charge in [-0.2, -0.15) is 0 Å². The average molecular weight is 269 g/mol. The summed E-state index contributed by atoms with van der Waals surface area (Å²) in [4.78, 5) is 4.71. The molecule has 0 saturated carbocycles. The third-order valence-electron chi connectivity index (χ3n) is 3.87. The summed E-state index contributed by atoms with van der Waals surface area (Å²) in [5, 5.41) is 10.1. The number of rotatable bonds is 2. The molecule has 0 amide bonds. The van der Waals surface area contributed by atoms with Gasteiger partial charge in [-0.15, -0.1) is 0 Å². The van der Waals surface area contributed by atoms with Crippen LogP contribution in [0.5, 0.6) is 0 Å². The Morgan fingerprint density at radius 1 is 1.33 bits per heavy atom. The third kappa shape index (κ3) is 2.63. The number of nitrogens with zero attached hydrogens (tertiary/aromatic N) is 2. The molecule has 1 aliphatic heterocycles. The summed E-state index contributed by atoms with van der Waals surface area (Å²) >= 11 is 5.98. The van der Waals surface area contributed by atoms with Crippen molar-refractivity contribution >= 4 is 17.3 Å². The quantitative estimate of drug-likeness (QED) is 0.892. The van der Waals surface area contributed by atoms with Crippen molar-refractivity contribution in [2.75, 3.05) is 31.6 Å². The Bertz CT molecular complexity index is 434. The molecule has 4 heteroatoms. The molecule has 1 fully saturated rings. The fourth-order valence-corrected chi connectivity index (χ4v) is 2.63. The highest BCUT2D eigenvalue weighted by atomic mass is 35.5. The van der Waals surface area contributed by atoms with Crippen LogP contribution in [0.15, 0.2) is 18.2 Å². The lowest BCUT2D eigenvalue weighted by Crippen LogP contribution is -2.57. The van der Waals surface area contributed by atoms with E-state index in [2.05, 4.69) is 30.7 Å². The standard InChI is InChI=1S/C14H21ClN2O/c1-14(2)10-17(7-6-16(14)3)13-5-4-12(15)8-11(13)9-18/h4-5,8,18H,6-7,9-10H2,1-3H3. The Hall–Kier alpha value is -0.770. The molecule has 0 aromatic heterocycles. The van der Waals surface area contributed by atoms with Crippen molar-refractivity contribution in [3.05, 3.63) is 28.8 Å². The molecule has 3 nitrogen and oxygen atoms in total. The maximum atomic E-state index is 9.46. The van der Waals surface area contributed by atoms with Gasteiger partial charge in [-0.05, 0) is 39.1 Å². The Morgan fingerprint density at radius 2 is 2.06 bits per heavy atom. The second-order valence-electron chi connectivity index (χ2n) is 5.59. The van der Waals surface area contributed by atoms with Gasteiger partial charge >= 0.3 is 0 Å². The predicted octanol–water partition coefficient (Wildman–Crippen LogP) is 2.36. The normalized spacial score (nSPS) is 20.2. The number of likely N-dealkylation sites (N-methyl/N-ethyl adjacent to an activating group) is 1. The summed E-state index contributed by atoms with van der Waals surface area (Å²) in [7, 11) is 2.16. The fraction of sp³-hybridized carbons (Fsp3) is 0.571. The van der Waals surface area contributed by atoms with E-state index in [1.54, 1.807) is 0 Å². The maximum absolute atomic E-state index is 9.46. The second kappa shape index (κ2) is 5.08. The first-order chi connectivity index (χ1) is 8.44. The smallest absolute Gasteiger partial charge is 0.0702 e. The van der Waals surface area contributed by atoms with Crippen LogP contribution >= 0.6 is 11.6 Å². The summed E-state index contributed by atoms with van der Waals surface area (Å²) in [5.41, 5.74) is 2.15. The van der Waals surface area contributed by atoms with Gasteiger partial charge in [0.2, 0.25) is 0 Å². The molecule has 0 aliphatic carbocycles. The minimum Gasteiger partial charge on any atom is -0.392 e. The molecule has 1 aromatic rings. The van der Waals surface area contributed by atoms with Crippen LogP contribution in [0.25, 0.3) is 0 Å². The lowest BCUT2D eigenvalue weighted by atomic mass is 9.98. The lowest BCUT2D eigenvalue weighted by Gasteiger charge is -2.46. The number of hydrogen-bond donors (Lipinski definition) is 1. The van der Waals surface area contributed by atoms with E-state index in [-0.39, 0.29) is 12.1 Å².